The van der Waals surface area contributed by atoms with E-state index in [1.165, 1.54) is 22.3 Å². The normalized spacial score (nSPS) is 10.7. The predicted molar refractivity (Wildman–Crippen MR) is 76.1 cm³/mol. The maximum atomic E-state index is 6.06. The van der Waals surface area contributed by atoms with Crippen LogP contribution in [0.2, 0.25) is 5.15 Å². The second kappa shape index (κ2) is 5.07. The second-order valence-electron chi connectivity index (χ2n) is 4.62. The number of rotatable bonds is 2. The lowest BCUT2D eigenvalue weighted by Gasteiger charge is -2.11. The molecule has 2 aromatic rings. The highest BCUT2D eigenvalue weighted by atomic mass is 35.5. The Morgan fingerprint density at radius 1 is 1.00 bits per heavy atom. The molecule has 0 saturated carbocycles. The molecule has 0 N–H and O–H groups in total. The fourth-order valence-corrected chi connectivity index (χ4v) is 2.54. The Balaban J connectivity index is 2.65. The van der Waals surface area contributed by atoms with Gasteiger partial charge >= 0.3 is 0 Å². The van der Waals surface area contributed by atoms with E-state index in [9.17, 15) is 0 Å². The standard InChI is InChI=1S/C15H17ClN2/c1-5-14-17-12(8-13(16)18-14)15-10(3)6-9(2)7-11(15)4/h6-8H,5H2,1-4H3. The third kappa shape index (κ3) is 2.54. The van der Waals surface area contributed by atoms with Crippen molar-refractivity contribution < 1.29 is 0 Å². The summed E-state index contributed by atoms with van der Waals surface area (Å²) in [5, 5.41) is 0.510. The van der Waals surface area contributed by atoms with Gasteiger partial charge in [-0.2, -0.15) is 0 Å². The fourth-order valence-electron chi connectivity index (χ4n) is 2.33. The first-order valence-corrected chi connectivity index (χ1v) is 6.50. The van der Waals surface area contributed by atoms with Crippen molar-refractivity contribution in [2.75, 3.05) is 0 Å². The minimum atomic E-state index is 0.510. The number of nitrogens with zero attached hydrogens (tertiary/aromatic N) is 2. The molecule has 0 amide bonds. The highest BCUT2D eigenvalue weighted by Gasteiger charge is 2.10. The molecule has 1 aromatic heterocycles. The van der Waals surface area contributed by atoms with Gasteiger partial charge in [0.25, 0.3) is 0 Å². The van der Waals surface area contributed by atoms with Gasteiger partial charge in [0, 0.05) is 18.1 Å². The Kier molecular flexibility index (Phi) is 3.67. The minimum Gasteiger partial charge on any atom is -0.233 e. The molecule has 0 bridgehead atoms. The summed E-state index contributed by atoms with van der Waals surface area (Å²) in [6.07, 6.45) is 0.789. The molecule has 0 atom stereocenters. The molecule has 3 heteroatoms. The number of hydrogen-bond donors (Lipinski definition) is 0. The lowest BCUT2D eigenvalue weighted by atomic mass is 9.97. The van der Waals surface area contributed by atoms with E-state index in [4.69, 9.17) is 11.6 Å². The zero-order chi connectivity index (χ0) is 13.3. The van der Waals surface area contributed by atoms with Crippen molar-refractivity contribution >= 4 is 11.6 Å². The highest BCUT2D eigenvalue weighted by Crippen LogP contribution is 2.28. The second-order valence-corrected chi connectivity index (χ2v) is 5.01. The quantitative estimate of drug-likeness (QED) is 0.753. The highest BCUT2D eigenvalue weighted by molar-refractivity contribution is 6.29. The first-order valence-electron chi connectivity index (χ1n) is 6.13. The van der Waals surface area contributed by atoms with Gasteiger partial charge in [0.05, 0.1) is 5.69 Å². The predicted octanol–water partition coefficient (Wildman–Crippen LogP) is 4.28. The molecule has 2 rings (SSSR count). The van der Waals surface area contributed by atoms with Crippen LogP contribution in [0.5, 0.6) is 0 Å². The van der Waals surface area contributed by atoms with Crippen LogP contribution in [-0.4, -0.2) is 9.97 Å². The van der Waals surface area contributed by atoms with Crippen molar-refractivity contribution in [2.24, 2.45) is 0 Å². The molecule has 0 unspecified atom stereocenters. The summed E-state index contributed by atoms with van der Waals surface area (Å²) < 4.78 is 0. The van der Waals surface area contributed by atoms with E-state index >= 15 is 0 Å². The monoisotopic (exact) mass is 260 g/mol. The van der Waals surface area contributed by atoms with Gasteiger partial charge in [-0.3, -0.25) is 0 Å². The summed E-state index contributed by atoms with van der Waals surface area (Å²) in [7, 11) is 0. The molecule has 18 heavy (non-hydrogen) atoms. The maximum absolute atomic E-state index is 6.06. The van der Waals surface area contributed by atoms with E-state index in [0.29, 0.717) is 5.15 Å². The van der Waals surface area contributed by atoms with Crippen LogP contribution >= 0.6 is 11.6 Å². The molecule has 0 spiro atoms. The van der Waals surface area contributed by atoms with E-state index < -0.39 is 0 Å². The summed E-state index contributed by atoms with van der Waals surface area (Å²) in [4.78, 5) is 8.79. The van der Waals surface area contributed by atoms with E-state index in [1.807, 2.05) is 13.0 Å². The molecule has 1 heterocycles. The van der Waals surface area contributed by atoms with Gasteiger partial charge in [0.15, 0.2) is 0 Å². The number of halogens is 1. The Bertz CT molecular complexity index is 568. The van der Waals surface area contributed by atoms with Crippen LogP contribution in [0.4, 0.5) is 0 Å². The van der Waals surface area contributed by atoms with Crippen molar-refractivity contribution in [1.82, 2.24) is 9.97 Å². The van der Waals surface area contributed by atoms with Gasteiger partial charge in [-0.1, -0.05) is 36.2 Å². The van der Waals surface area contributed by atoms with Crippen molar-refractivity contribution in [2.45, 2.75) is 34.1 Å². The van der Waals surface area contributed by atoms with Gasteiger partial charge in [0.1, 0.15) is 11.0 Å². The topological polar surface area (TPSA) is 25.8 Å². The zero-order valence-electron chi connectivity index (χ0n) is 11.2. The van der Waals surface area contributed by atoms with Crippen molar-refractivity contribution in [3.63, 3.8) is 0 Å². The largest absolute Gasteiger partial charge is 0.233 e. The van der Waals surface area contributed by atoms with E-state index in [1.54, 1.807) is 0 Å². The zero-order valence-corrected chi connectivity index (χ0v) is 12.0. The van der Waals surface area contributed by atoms with Gasteiger partial charge in [-0.15, -0.1) is 0 Å². The summed E-state index contributed by atoms with van der Waals surface area (Å²) >= 11 is 6.06. The Hall–Kier alpha value is -1.41. The Morgan fingerprint density at radius 3 is 2.17 bits per heavy atom. The molecule has 0 aliphatic heterocycles. The van der Waals surface area contributed by atoms with Crippen LogP contribution < -0.4 is 0 Å². The average molecular weight is 261 g/mol. The SMILES string of the molecule is CCc1nc(Cl)cc(-c2c(C)cc(C)cc2C)n1. The third-order valence-electron chi connectivity index (χ3n) is 2.99. The summed E-state index contributed by atoms with van der Waals surface area (Å²) in [6.45, 7) is 8.35. The number of hydrogen-bond acceptors (Lipinski definition) is 2. The average Bonchev–Trinajstić information content (AvgIpc) is 2.26. The van der Waals surface area contributed by atoms with Gasteiger partial charge in [0.2, 0.25) is 0 Å². The van der Waals surface area contributed by atoms with Crippen LogP contribution in [-0.2, 0) is 6.42 Å². The Labute approximate surface area is 113 Å². The van der Waals surface area contributed by atoms with E-state index in [0.717, 1.165) is 17.9 Å². The number of aromatic nitrogens is 2. The molecule has 1 aromatic carbocycles. The van der Waals surface area contributed by atoms with Crippen LogP contribution in [0.15, 0.2) is 18.2 Å². The van der Waals surface area contributed by atoms with Crippen molar-refractivity contribution in [3.8, 4) is 11.3 Å². The van der Waals surface area contributed by atoms with Crippen molar-refractivity contribution in [1.29, 1.82) is 0 Å². The first-order chi connectivity index (χ1) is 8.51. The molecular weight excluding hydrogens is 244 g/mol. The third-order valence-corrected chi connectivity index (χ3v) is 3.18. The van der Waals surface area contributed by atoms with Gasteiger partial charge < -0.3 is 0 Å². The molecule has 0 fully saturated rings. The summed E-state index contributed by atoms with van der Waals surface area (Å²) in [5.74, 6) is 0.789. The smallest absolute Gasteiger partial charge is 0.133 e. The van der Waals surface area contributed by atoms with Crippen LogP contribution in [0.1, 0.15) is 29.4 Å². The molecule has 0 aliphatic carbocycles. The van der Waals surface area contributed by atoms with E-state index in [-0.39, 0.29) is 0 Å². The van der Waals surface area contributed by atoms with E-state index in [2.05, 4.69) is 42.9 Å². The lowest BCUT2D eigenvalue weighted by molar-refractivity contribution is 0.942. The van der Waals surface area contributed by atoms with Crippen molar-refractivity contribution in [3.05, 3.63) is 45.9 Å². The molecule has 2 nitrogen and oxygen atoms in total. The first kappa shape index (κ1) is 13.0. The van der Waals surface area contributed by atoms with Crippen LogP contribution in [0, 0.1) is 20.8 Å². The molecule has 94 valence electrons. The minimum absolute atomic E-state index is 0.510. The summed E-state index contributed by atoms with van der Waals surface area (Å²) in [5.41, 5.74) is 5.81. The van der Waals surface area contributed by atoms with Crippen LogP contribution in [0.3, 0.4) is 0 Å². The van der Waals surface area contributed by atoms with Crippen LogP contribution in [0.25, 0.3) is 11.3 Å². The lowest BCUT2D eigenvalue weighted by Crippen LogP contribution is -1.98. The molecule has 0 aliphatic rings. The maximum Gasteiger partial charge on any atom is 0.133 e. The number of aryl methyl sites for hydroxylation is 4. The van der Waals surface area contributed by atoms with Gasteiger partial charge in [-0.25, -0.2) is 9.97 Å². The Morgan fingerprint density at radius 2 is 1.61 bits per heavy atom. The summed E-state index contributed by atoms with van der Waals surface area (Å²) in [6, 6.07) is 6.18. The molecule has 0 saturated heterocycles. The van der Waals surface area contributed by atoms with Gasteiger partial charge in [-0.05, 0) is 31.9 Å². The molecule has 0 radical (unpaired) electrons. The fraction of sp³-hybridized carbons (Fsp3) is 0.333. The molecular formula is C15H17ClN2. The number of benzene rings is 1.